The second-order valence-corrected chi connectivity index (χ2v) is 21.6. The Labute approximate surface area is 489 Å². The van der Waals surface area contributed by atoms with Crippen LogP contribution in [-0.2, 0) is 59.2 Å². The van der Waals surface area contributed by atoms with Crippen molar-refractivity contribution < 1.29 is 73.2 Å². The third kappa shape index (κ3) is 28.6. The van der Waals surface area contributed by atoms with Gasteiger partial charge in [0, 0.05) is 25.9 Å². The molecule has 0 fully saturated rings. The van der Waals surface area contributed by atoms with Crippen LogP contribution in [0.1, 0.15) is 132 Å². The number of benzene rings is 1. The van der Waals surface area contributed by atoms with Crippen molar-refractivity contribution in [2.45, 2.75) is 187 Å². The number of nitrogens with one attached hydrogen (secondary N) is 8. The normalized spacial score (nSPS) is 15.0. The lowest BCUT2D eigenvalue weighted by molar-refractivity contribution is -0.143. The zero-order valence-electron chi connectivity index (χ0n) is 49.3. The number of aliphatic carboxylic acids is 3. The smallest absolute Gasteiger partial charge is 0.326 e. The molecule has 22 N–H and O–H groups in total. The van der Waals surface area contributed by atoms with Crippen molar-refractivity contribution >= 4 is 77.1 Å². The fourth-order valence-corrected chi connectivity index (χ4v) is 8.35. The number of phenolic OH excluding ortho intramolecular Hbond substituents is 1. The van der Waals surface area contributed by atoms with Gasteiger partial charge in [-0.3, -0.25) is 57.9 Å². The summed E-state index contributed by atoms with van der Waals surface area (Å²) < 4.78 is 0. The van der Waals surface area contributed by atoms with Crippen molar-refractivity contribution in [1.29, 1.82) is 0 Å². The molecule has 30 heteroatoms. The maximum atomic E-state index is 14.5. The molecule has 1 aromatic rings. The van der Waals surface area contributed by atoms with Crippen LogP contribution in [0.4, 0.5) is 0 Å². The summed E-state index contributed by atoms with van der Waals surface area (Å²) in [6, 6.07) is -7.66. The molecule has 0 aliphatic heterocycles. The summed E-state index contributed by atoms with van der Waals surface area (Å²) in [5.41, 5.74) is 28.2. The summed E-state index contributed by atoms with van der Waals surface area (Å²) in [4.78, 5) is 156. The standard InChI is InChI=1S/C54H91N15O15/c1-9-29(7)42(50(81)63-35(19-20-40(71)72)45(76)67-39(52(83)84)24-28(5)6)69-49(80)36(23-27(3)4)64-48(79)38(26-41(73)74)65-47(78)37(25-31-15-17-32(70)18-16-31)66-51(82)43(30(8)10-2)68-46(77)34(14-12-22-61-54(58)59)62-44(75)33(55)13-11-21-60-53(56)57/h15-18,27-30,33-39,42-43,70H,9-14,19-26,55H2,1-8H3,(H,62,75)(H,63,81)(H,64,79)(H,65,78)(H,66,82)(H,67,76)(H,68,77)(H,69,80)(H,71,72)(H,73,74)(H,83,84)(H4,56,57,60)(H4,58,59,61)/t29-,30-,33-,34-,35-,36-,37-,38-,39-,42-,43-/m0/s1. The summed E-state index contributed by atoms with van der Waals surface area (Å²) in [6.07, 6.45) is -1.33. The third-order valence-electron chi connectivity index (χ3n) is 13.4. The number of hydrogen-bond donors (Lipinski definition) is 17. The first-order chi connectivity index (χ1) is 39.3. The molecule has 84 heavy (non-hydrogen) atoms. The summed E-state index contributed by atoms with van der Waals surface area (Å²) in [5.74, 6) is -14.1. The van der Waals surface area contributed by atoms with E-state index in [-0.39, 0.29) is 87.5 Å². The van der Waals surface area contributed by atoms with Crippen LogP contribution in [-0.4, -0.2) is 165 Å². The van der Waals surface area contributed by atoms with Crippen molar-refractivity contribution in [3.63, 3.8) is 0 Å². The Balaban J connectivity index is 3.68. The first-order valence-corrected chi connectivity index (χ1v) is 28.0. The predicted octanol–water partition coefficient (Wildman–Crippen LogP) is -2.14. The van der Waals surface area contributed by atoms with Gasteiger partial charge in [-0.15, -0.1) is 0 Å². The van der Waals surface area contributed by atoms with Gasteiger partial charge in [-0.2, -0.15) is 0 Å². The van der Waals surface area contributed by atoms with Crippen molar-refractivity contribution in [3.05, 3.63) is 29.8 Å². The van der Waals surface area contributed by atoms with Gasteiger partial charge < -0.3 is 91.6 Å². The van der Waals surface area contributed by atoms with E-state index in [4.69, 9.17) is 28.7 Å². The van der Waals surface area contributed by atoms with E-state index in [1.54, 1.807) is 55.4 Å². The molecule has 0 unspecified atom stereocenters. The minimum Gasteiger partial charge on any atom is -0.508 e. The van der Waals surface area contributed by atoms with Gasteiger partial charge >= 0.3 is 17.9 Å². The van der Waals surface area contributed by atoms with Gasteiger partial charge in [0.2, 0.25) is 47.3 Å². The number of rotatable bonds is 40. The highest BCUT2D eigenvalue weighted by Crippen LogP contribution is 2.17. The van der Waals surface area contributed by atoms with Crippen LogP contribution < -0.4 is 71.2 Å². The average molecular weight is 1190 g/mol. The highest BCUT2D eigenvalue weighted by atomic mass is 16.4. The van der Waals surface area contributed by atoms with Gasteiger partial charge in [-0.25, -0.2) is 4.79 Å². The van der Waals surface area contributed by atoms with E-state index >= 15 is 0 Å². The Morgan fingerprint density at radius 2 is 0.869 bits per heavy atom. The first-order valence-electron chi connectivity index (χ1n) is 28.0. The van der Waals surface area contributed by atoms with Crippen LogP contribution in [0.5, 0.6) is 5.75 Å². The van der Waals surface area contributed by atoms with Crippen LogP contribution in [0.15, 0.2) is 34.3 Å². The molecule has 0 spiro atoms. The van der Waals surface area contributed by atoms with Gasteiger partial charge in [0.15, 0.2) is 11.9 Å². The molecule has 30 nitrogen and oxygen atoms in total. The SMILES string of the molecule is CC[C@H](C)[C@H](NC(=O)[C@H](CC(C)C)NC(=O)[C@H](CC(=O)O)NC(=O)[C@H](Cc1ccc(O)cc1)NC(=O)[C@@H](NC(=O)[C@H](CCCN=C(N)N)NC(=O)[C@@H](N)CCCN=C(N)N)[C@@H](C)CC)C(=O)N[C@@H](CCC(=O)O)C(=O)N[C@@H](CC(C)C)C(=O)O. The van der Waals surface area contributed by atoms with Crippen LogP contribution >= 0.6 is 0 Å². The lowest BCUT2D eigenvalue weighted by atomic mass is 9.95. The Morgan fingerprint density at radius 1 is 0.476 bits per heavy atom. The number of carboxylic acid groups (broad SMARTS) is 3. The van der Waals surface area contributed by atoms with E-state index < -0.39 is 151 Å². The number of carbonyl (C=O) groups is 11. The van der Waals surface area contributed by atoms with Crippen molar-refractivity contribution in [2.75, 3.05) is 13.1 Å². The van der Waals surface area contributed by atoms with E-state index in [0.29, 0.717) is 18.4 Å². The Hall–Kier alpha value is -8.31. The number of nitrogens with two attached hydrogens (primary N) is 5. The molecule has 0 aliphatic rings. The topological polar surface area (TPSA) is 520 Å². The second-order valence-electron chi connectivity index (χ2n) is 21.6. The molecule has 0 aliphatic carbocycles. The van der Waals surface area contributed by atoms with E-state index in [1.807, 2.05) is 0 Å². The third-order valence-corrected chi connectivity index (χ3v) is 13.4. The van der Waals surface area contributed by atoms with Crippen molar-refractivity contribution in [2.24, 2.45) is 62.3 Å². The van der Waals surface area contributed by atoms with Crippen molar-refractivity contribution in [1.82, 2.24) is 42.5 Å². The molecule has 8 amide bonds. The van der Waals surface area contributed by atoms with Gasteiger partial charge in [0.25, 0.3) is 0 Å². The maximum absolute atomic E-state index is 14.5. The fourth-order valence-electron chi connectivity index (χ4n) is 8.35. The summed E-state index contributed by atoms with van der Waals surface area (Å²) in [7, 11) is 0. The quantitative estimate of drug-likeness (QED) is 0.0189. The molecule has 0 heterocycles. The van der Waals surface area contributed by atoms with E-state index in [2.05, 4.69) is 52.5 Å². The van der Waals surface area contributed by atoms with Crippen LogP contribution in [0.2, 0.25) is 0 Å². The summed E-state index contributed by atoms with van der Waals surface area (Å²) in [6.45, 7) is 13.8. The number of carbonyl (C=O) groups excluding carboxylic acids is 8. The van der Waals surface area contributed by atoms with Crippen LogP contribution in [0, 0.1) is 23.7 Å². The van der Waals surface area contributed by atoms with Gasteiger partial charge in [-0.05, 0) is 86.3 Å². The zero-order valence-corrected chi connectivity index (χ0v) is 49.3. The number of nitrogens with zero attached hydrogens (tertiary/aromatic N) is 2. The molecule has 0 aromatic heterocycles. The Morgan fingerprint density at radius 3 is 1.33 bits per heavy atom. The molecule has 472 valence electrons. The molecule has 0 saturated carbocycles. The summed E-state index contributed by atoms with van der Waals surface area (Å²) >= 11 is 0. The fraction of sp³-hybridized carbons (Fsp3) is 0.648. The lowest BCUT2D eigenvalue weighted by Gasteiger charge is -2.30. The van der Waals surface area contributed by atoms with Crippen LogP contribution in [0.25, 0.3) is 0 Å². The number of aliphatic imine (C=N–C) groups is 2. The number of phenols is 1. The van der Waals surface area contributed by atoms with Gasteiger partial charge in [-0.1, -0.05) is 80.4 Å². The maximum Gasteiger partial charge on any atom is 0.326 e. The van der Waals surface area contributed by atoms with Gasteiger partial charge in [0.1, 0.15) is 54.1 Å². The molecule has 1 rings (SSSR count). The molecule has 1 aromatic carbocycles. The minimum atomic E-state index is -1.92. The van der Waals surface area contributed by atoms with Crippen molar-refractivity contribution in [3.8, 4) is 5.75 Å². The average Bonchev–Trinajstić information content (AvgIpc) is 3.59. The molecular formula is C54H91N15O15. The van der Waals surface area contributed by atoms with Crippen LogP contribution in [0.3, 0.4) is 0 Å². The number of hydrogen-bond acceptors (Lipinski definition) is 15. The summed E-state index contributed by atoms with van der Waals surface area (Å²) in [5, 5.41) is 59.4. The highest BCUT2D eigenvalue weighted by Gasteiger charge is 2.38. The number of carboxylic acids is 3. The Bertz CT molecular complexity index is 2430. The molecule has 0 bridgehead atoms. The van der Waals surface area contributed by atoms with E-state index in [0.717, 1.165) is 0 Å². The molecule has 11 atom stereocenters. The number of aromatic hydroxyl groups is 1. The number of amides is 8. The van der Waals surface area contributed by atoms with E-state index in [9.17, 15) is 73.2 Å². The molecular weight excluding hydrogens is 1100 g/mol. The lowest BCUT2D eigenvalue weighted by Crippen LogP contribution is -2.62. The largest absolute Gasteiger partial charge is 0.508 e. The predicted molar refractivity (Wildman–Crippen MR) is 310 cm³/mol. The first kappa shape index (κ1) is 73.7. The molecule has 0 saturated heterocycles. The van der Waals surface area contributed by atoms with E-state index in [1.165, 1.54) is 24.3 Å². The second kappa shape index (κ2) is 37.7. The minimum absolute atomic E-state index is 0.0165. The monoisotopic (exact) mass is 1190 g/mol. The Kier molecular flexibility index (Phi) is 33.1. The van der Waals surface area contributed by atoms with Gasteiger partial charge in [0.05, 0.1) is 12.5 Å². The highest BCUT2D eigenvalue weighted by molar-refractivity contribution is 5.99. The zero-order chi connectivity index (χ0) is 64.0. The molecule has 0 radical (unpaired) electrons. The number of guanidine groups is 2.